The minimum absolute atomic E-state index is 0.0983. The van der Waals surface area contributed by atoms with Crippen molar-refractivity contribution >= 4 is 51.2 Å². The Balaban J connectivity index is 1.48. The van der Waals surface area contributed by atoms with Gasteiger partial charge in [-0.2, -0.15) is 11.8 Å². The molecule has 6 nitrogen and oxygen atoms in total. The third-order valence-corrected chi connectivity index (χ3v) is 8.39. The Kier molecular flexibility index (Phi) is 7.25. The zero-order valence-electron chi connectivity index (χ0n) is 19.6. The van der Waals surface area contributed by atoms with E-state index in [1.807, 2.05) is 55.0 Å². The topological polar surface area (TPSA) is 61.7 Å². The second kappa shape index (κ2) is 10.4. The molecule has 0 spiro atoms. The summed E-state index contributed by atoms with van der Waals surface area (Å²) in [6, 6.07) is 16.0. The lowest BCUT2D eigenvalue weighted by Gasteiger charge is -2.28. The van der Waals surface area contributed by atoms with E-state index in [0.717, 1.165) is 34.2 Å². The van der Waals surface area contributed by atoms with E-state index in [2.05, 4.69) is 50.8 Å². The van der Waals surface area contributed by atoms with Crippen LogP contribution < -0.4 is 26.9 Å². The molecule has 2 aliphatic heterocycles. The fourth-order valence-electron chi connectivity index (χ4n) is 4.47. The predicted molar refractivity (Wildman–Crippen MR) is 149 cm³/mol. The number of hydrogen-bond donors (Lipinski definition) is 2. The highest BCUT2D eigenvalue weighted by atomic mass is 79.9. The standard InChI is InChI=1S/C26H27BrClN5OS/c1-3-33-24-17(12-21(25(33)34)20-9-6-18(27)13-22(20)28)15-32(2)26(31-24)30-19-7-4-16(5-8-19)23-14-29-10-11-35-23/h4-9,12-13,15,23,26,29-30H,3,10-11,14H2,1-2H3. The van der Waals surface area contributed by atoms with Crippen molar-refractivity contribution in [1.82, 2.24) is 14.8 Å². The van der Waals surface area contributed by atoms with Gasteiger partial charge in [0, 0.05) is 75.4 Å². The van der Waals surface area contributed by atoms with Crippen LogP contribution in [0.4, 0.5) is 5.69 Å². The molecule has 1 aromatic heterocycles. The summed E-state index contributed by atoms with van der Waals surface area (Å²) < 4.78 is 2.59. The van der Waals surface area contributed by atoms with Gasteiger partial charge < -0.3 is 15.5 Å². The van der Waals surface area contributed by atoms with E-state index in [9.17, 15) is 4.79 Å². The largest absolute Gasteiger partial charge is 0.347 e. The molecule has 5 rings (SSSR count). The SMILES string of the molecule is CCn1c(=O)c(-c2ccc(Br)cc2Cl)cc2c1=NC(Nc1ccc(C3CNCCS3)cc1)N(C)C=2. The van der Waals surface area contributed by atoms with Gasteiger partial charge in [0.05, 0.1) is 0 Å². The van der Waals surface area contributed by atoms with Crippen molar-refractivity contribution < 1.29 is 0 Å². The molecule has 0 amide bonds. The van der Waals surface area contributed by atoms with Crippen LogP contribution in [0.25, 0.3) is 17.3 Å². The lowest BCUT2D eigenvalue weighted by Crippen LogP contribution is -2.51. The first-order valence-corrected chi connectivity index (χ1v) is 13.9. The quantitative estimate of drug-likeness (QED) is 0.484. The number of benzene rings is 2. The Morgan fingerprint density at radius 3 is 2.69 bits per heavy atom. The minimum atomic E-state index is -0.321. The van der Waals surface area contributed by atoms with E-state index in [1.165, 1.54) is 5.56 Å². The molecule has 2 unspecified atom stereocenters. The first kappa shape index (κ1) is 24.4. The van der Waals surface area contributed by atoms with E-state index in [0.29, 0.717) is 33.4 Å². The second-order valence-electron chi connectivity index (χ2n) is 8.64. The van der Waals surface area contributed by atoms with Crippen LogP contribution in [0.5, 0.6) is 0 Å². The maximum absolute atomic E-state index is 13.4. The Hall–Kier alpha value is -2.26. The first-order chi connectivity index (χ1) is 16.9. The van der Waals surface area contributed by atoms with Gasteiger partial charge in [-0.3, -0.25) is 9.36 Å². The van der Waals surface area contributed by atoms with E-state index < -0.39 is 0 Å². The van der Waals surface area contributed by atoms with Crippen LogP contribution in [0, 0.1) is 0 Å². The number of hydrogen-bond acceptors (Lipinski definition) is 6. The van der Waals surface area contributed by atoms with Crippen molar-refractivity contribution in [3.63, 3.8) is 0 Å². The van der Waals surface area contributed by atoms with Gasteiger partial charge in [-0.05, 0) is 42.8 Å². The third-order valence-electron chi connectivity index (χ3n) is 6.31. The summed E-state index contributed by atoms with van der Waals surface area (Å²) in [4.78, 5) is 20.4. The highest BCUT2D eigenvalue weighted by molar-refractivity contribution is 9.10. The lowest BCUT2D eigenvalue weighted by atomic mass is 10.1. The molecule has 2 N–H and O–H groups in total. The monoisotopic (exact) mass is 571 g/mol. The summed E-state index contributed by atoms with van der Waals surface area (Å²) in [5.74, 6) is 1.14. The summed E-state index contributed by atoms with van der Waals surface area (Å²) in [6.45, 7) is 4.56. The number of aromatic nitrogens is 1. The fourth-order valence-corrected chi connectivity index (χ4v) is 6.37. The minimum Gasteiger partial charge on any atom is -0.347 e. The van der Waals surface area contributed by atoms with Crippen molar-refractivity contribution in [2.45, 2.75) is 25.0 Å². The maximum atomic E-state index is 13.4. The van der Waals surface area contributed by atoms with Gasteiger partial charge in [-0.15, -0.1) is 0 Å². The number of halogens is 2. The Morgan fingerprint density at radius 2 is 2.00 bits per heavy atom. The molecule has 0 radical (unpaired) electrons. The van der Waals surface area contributed by atoms with Crippen molar-refractivity contribution in [3.8, 4) is 11.1 Å². The molecule has 182 valence electrons. The van der Waals surface area contributed by atoms with Crippen molar-refractivity contribution in [2.24, 2.45) is 4.99 Å². The molecule has 0 bridgehead atoms. The zero-order valence-corrected chi connectivity index (χ0v) is 22.8. The zero-order chi connectivity index (χ0) is 24.5. The van der Waals surface area contributed by atoms with Crippen molar-refractivity contribution in [3.05, 3.63) is 84.6 Å². The Morgan fingerprint density at radius 1 is 1.20 bits per heavy atom. The average Bonchev–Trinajstić information content (AvgIpc) is 2.86. The van der Waals surface area contributed by atoms with Crippen LogP contribution >= 0.6 is 39.3 Å². The van der Waals surface area contributed by atoms with Crippen LogP contribution in [0.2, 0.25) is 5.02 Å². The molecular formula is C26H27BrClN5OS. The van der Waals surface area contributed by atoms with E-state index >= 15 is 0 Å². The molecule has 3 aromatic rings. The van der Waals surface area contributed by atoms with Crippen LogP contribution in [-0.4, -0.2) is 41.6 Å². The highest BCUT2D eigenvalue weighted by Gasteiger charge is 2.20. The molecule has 2 atom stereocenters. The van der Waals surface area contributed by atoms with Crippen LogP contribution in [-0.2, 0) is 6.54 Å². The van der Waals surface area contributed by atoms with Gasteiger partial charge in [0.25, 0.3) is 5.56 Å². The predicted octanol–water partition coefficient (Wildman–Crippen LogP) is 4.03. The van der Waals surface area contributed by atoms with Crippen LogP contribution in [0.1, 0.15) is 17.7 Å². The summed E-state index contributed by atoms with van der Waals surface area (Å²) in [5.41, 5.74) is 4.18. The summed E-state index contributed by atoms with van der Waals surface area (Å²) >= 11 is 11.9. The number of rotatable bonds is 5. The van der Waals surface area contributed by atoms with Gasteiger partial charge in [0.15, 0.2) is 6.29 Å². The summed E-state index contributed by atoms with van der Waals surface area (Å²) in [7, 11) is 1.98. The molecule has 0 saturated carbocycles. The highest BCUT2D eigenvalue weighted by Crippen LogP contribution is 2.31. The first-order valence-electron chi connectivity index (χ1n) is 11.6. The van der Waals surface area contributed by atoms with Gasteiger partial charge >= 0.3 is 0 Å². The molecule has 3 heterocycles. The number of fused-ring (bicyclic) bond motifs is 1. The van der Waals surface area contributed by atoms with Gasteiger partial charge in [-0.25, -0.2) is 4.99 Å². The van der Waals surface area contributed by atoms with Gasteiger partial charge in [-0.1, -0.05) is 45.7 Å². The molecule has 1 saturated heterocycles. The molecule has 2 aliphatic rings. The third kappa shape index (κ3) is 5.03. The number of nitrogens with zero attached hydrogens (tertiary/aromatic N) is 3. The van der Waals surface area contributed by atoms with Gasteiger partial charge in [0.1, 0.15) is 5.49 Å². The number of pyridine rings is 1. The smallest absolute Gasteiger partial charge is 0.260 e. The molecule has 2 aromatic carbocycles. The summed E-state index contributed by atoms with van der Waals surface area (Å²) in [6.07, 6.45) is 1.71. The van der Waals surface area contributed by atoms with Crippen molar-refractivity contribution in [1.29, 1.82) is 0 Å². The van der Waals surface area contributed by atoms with Gasteiger partial charge in [0.2, 0.25) is 0 Å². The number of thioether (sulfide) groups is 1. The second-order valence-corrected chi connectivity index (χ2v) is 11.3. The maximum Gasteiger partial charge on any atom is 0.260 e. The Labute approximate surface area is 222 Å². The molecule has 1 fully saturated rings. The molecule has 0 aliphatic carbocycles. The number of nitrogens with one attached hydrogen (secondary N) is 2. The van der Waals surface area contributed by atoms with E-state index in [-0.39, 0.29) is 11.8 Å². The van der Waals surface area contributed by atoms with Crippen LogP contribution in [0.15, 0.2) is 62.8 Å². The Bertz CT molecular complexity index is 1420. The van der Waals surface area contributed by atoms with E-state index in [4.69, 9.17) is 16.6 Å². The average molecular weight is 573 g/mol. The molecular weight excluding hydrogens is 546 g/mol. The number of anilines is 1. The summed E-state index contributed by atoms with van der Waals surface area (Å²) in [5, 5.41) is 8.88. The van der Waals surface area contributed by atoms with Crippen molar-refractivity contribution in [2.75, 3.05) is 31.2 Å². The normalized spacial score (nSPS) is 19.5. The molecule has 35 heavy (non-hydrogen) atoms. The fraction of sp³-hybridized carbons (Fsp3) is 0.308. The van der Waals surface area contributed by atoms with Crippen LogP contribution in [0.3, 0.4) is 0 Å². The lowest BCUT2D eigenvalue weighted by molar-refractivity contribution is 0.383. The molecule has 9 heteroatoms. The van der Waals surface area contributed by atoms with E-state index in [1.54, 1.807) is 10.6 Å².